The fraction of sp³-hybridized carbons (Fsp3) is 0.211. The first-order valence-electron chi connectivity index (χ1n) is 8.25. The average molecular weight is 387 g/mol. The van der Waals surface area contributed by atoms with E-state index in [1.54, 1.807) is 19.2 Å². The molecule has 0 spiro atoms. The Kier molecular flexibility index (Phi) is 4.76. The summed E-state index contributed by atoms with van der Waals surface area (Å²) in [5.41, 5.74) is 3.79. The van der Waals surface area contributed by atoms with Crippen molar-refractivity contribution in [2.45, 2.75) is 13.0 Å². The van der Waals surface area contributed by atoms with Crippen LogP contribution in [0.4, 0.5) is 0 Å². The lowest BCUT2D eigenvalue weighted by atomic mass is 10.2. The van der Waals surface area contributed by atoms with Gasteiger partial charge in [0.1, 0.15) is 5.82 Å². The van der Waals surface area contributed by atoms with Gasteiger partial charge in [0.2, 0.25) is 0 Å². The highest BCUT2D eigenvalue weighted by Gasteiger charge is 2.18. The molecule has 2 aromatic heterocycles. The summed E-state index contributed by atoms with van der Waals surface area (Å²) in [4.78, 5) is 14.2. The topological polar surface area (TPSA) is 52.8 Å². The lowest BCUT2D eigenvalue weighted by Crippen LogP contribution is -2.05. The smallest absolute Gasteiger partial charge is 0.198 e. The van der Waals surface area contributed by atoms with Gasteiger partial charge >= 0.3 is 0 Å². The van der Waals surface area contributed by atoms with Crippen molar-refractivity contribution in [3.05, 3.63) is 52.5 Å². The van der Waals surface area contributed by atoms with Gasteiger partial charge in [-0.25, -0.2) is 15.0 Å². The maximum atomic E-state index is 6.43. The molecule has 2 heterocycles. The van der Waals surface area contributed by atoms with Gasteiger partial charge in [0, 0.05) is 30.8 Å². The molecule has 0 atom stereocenters. The summed E-state index contributed by atoms with van der Waals surface area (Å²) < 4.78 is 7.24. The Labute approximate surface area is 160 Å². The van der Waals surface area contributed by atoms with Crippen molar-refractivity contribution in [1.29, 1.82) is 0 Å². The highest BCUT2D eigenvalue weighted by molar-refractivity contribution is 6.36. The number of aryl methyl sites for hydroxylation is 1. The first-order valence-corrected chi connectivity index (χ1v) is 9.00. The van der Waals surface area contributed by atoms with Gasteiger partial charge in [0.05, 0.1) is 16.1 Å². The number of benzene rings is 2. The molecule has 4 aromatic rings. The van der Waals surface area contributed by atoms with Gasteiger partial charge in [-0.2, -0.15) is 0 Å². The molecule has 0 amide bonds. The van der Waals surface area contributed by atoms with Gasteiger partial charge in [-0.3, -0.25) is 0 Å². The van der Waals surface area contributed by atoms with Crippen LogP contribution in [0, 0.1) is 0 Å². The van der Waals surface area contributed by atoms with Gasteiger partial charge in [-0.1, -0.05) is 35.3 Å². The van der Waals surface area contributed by atoms with Crippen LogP contribution in [0.5, 0.6) is 0 Å². The SMILES string of the molecule is COCCCn1c(-c2ccc(Cl)cc2Cl)nc2nc3ccccc3nc21. The Bertz CT molecular complexity index is 1090. The van der Waals surface area contributed by atoms with Crippen molar-refractivity contribution in [2.24, 2.45) is 0 Å². The van der Waals surface area contributed by atoms with Crippen molar-refractivity contribution in [1.82, 2.24) is 19.5 Å². The number of ether oxygens (including phenoxy) is 1. The second kappa shape index (κ2) is 7.19. The number of fused-ring (bicyclic) bond motifs is 2. The summed E-state index contributed by atoms with van der Waals surface area (Å²) in [7, 11) is 1.69. The highest BCUT2D eigenvalue weighted by Crippen LogP contribution is 2.32. The van der Waals surface area contributed by atoms with Crippen LogP contribution < -0.4 is 0 Å². The van der Waals surface area contributed by atoms with Crippen molar-refractivity contribution >= 4 is 45.5 Å². The molecule has 0 aliphatic carbocycles. The molecule has 0 N–H and O–H groups in total. The molecule has 4 rings (SSSR count). The van der Waals surface area contributed by atoms with Crippen molar-refractivity contribution in [3.8, 4) is 11.4 Å². The molecule has 0 aliphatic rings. The standard InChI is InChI=1S/C19H16Cl2N4O/c1-26-10-4-9-25-18(13-8-7-12(20)11-14(13)21)24-17-19(25)23-16-6-3-2-5-15(16)22-17/h2-3,5-8,11H,4,9-10H2,1H3. The maximum Gasteiger partial charge on any atom is 0.198 e. The molecule has 132 valence electrons. The molecule has 0 bridgehead atoms. The Balaban J connectivity index is 1.94. The molecule has 0 aliphatic heterocycles. The van der Waals surface area contributed by atoms with Crippen LogP contribution in [-0.2, 0) is 11.3 Å². The number of imidazole rings is 1. The Hall–Kier alpha value is -2.21. The van der Waals surface area contributed by atoms with E-state index in [0.717, 1.165) is 34.5 Å². The van der Waals surface area contributed by atoms with Crippen LogP contribution in [-0.4, -0.2) is 33.2 Å². The van der Waals surface area contributed by atoms with E-state index in [2.05, 4.69) is 4.98 Å². The lowest BCUT2D eigenvalue weighted by molar-refractivity contribution is 0.191. The Morgan fingerprint density at radius 3 is 2.50 bits per heavy atom. The third kappa shape index (κ3) is 3.14. The minimum atomic E-state index is 0.547. The molecule has 7 heteroatoms. The summed E-state index contributed by atoms with van der Waals surface area (Å²) in [6, 6.07) is 13.2. The van der Waals surface area contributed by atoms with Gasteiger partial charge in [0.15, 0.2) is 11.3 Å². The molecule has 0 radical (unpaired) electrons. The maximum absolute atomic E-state index is 6.43. The number of nitrogens with zero attached hydrogens (tertiary/aromatic N) is 4. The first-order chi connectivity index (χ1) is 12.7. The van der Waals surface area contributed by atoms with Crippen LogP contribution in [0.1, 0.15) is 6.42 Å². The quantitative estimate of drug-likeness (QED) is 0.453. The van der Waals surface area contributed by atoms with Gasteiger partial charge in [0.25, 0.3) is 0 Å². The minimum absolute atomic E-state index is 0.547. The third-order valence-electron chi connectivity index (χ3n) is 4.16. The minimum Gasteiger partial charge on any atom is -0.385 e. The van der Waals surface area contributed by atoms with Gasteiger partial charge < -0.3 is 9.30 Å². The van der Waals surface area contributed by atoms with Crippen LogP contribution in [0.25, 0.3) is 33.7 Å². The second-order valence-electron chi connectivity index (χ2n) is 5.92. The van der Waals surface area contributed by atoms with Gasteiger partial charge in [-0.05, 0) is 36.8 Å². The highest BCUT2D eigenvalue weighted by atomic mass is 35.5. The van der Waals surface area contributed by atoms with E-state index in [4.69, 9.17) is 37.9 Å². The van der Waals surface area contributed by atoms with E-state index in [1.165, 1.54) is 0 Å². The zero-order valence-corrected chi connectivity index (χ0v) is 15.6. The Morgan fingerprint density at radius 2 is 1.77 bits per heavy atom. The van der Waals surface area contributed by atoms with Crippen LogP contribution in [0.15, 0.2) is 42.5 Å². The number of rotatable bonds is 5. The second-order valence-corrected chi connectivity index (χ2v) is 6.76. The van der Waals surface area contributed by atoms with Gasteiger partial charge in [-0.15, -0.1) is 0 Å². The molecule has 0 unspecified atom stereocenters. The van der Waals surface area contributed by atoms with E-state index in [9.17, 15) is 0 Å². The van der Waals surface area contributed by atoms with E-state index >= 15 is 0 Å². The monoisotopic (exact) mass is 386 g/mol. The van der Waals surface area contributed by atoms with Crippen LogP contribution >= 0.6 is 23.2 Å². The third-order valence-corrected chi connectivity index (χ3v) is 4.71. The summed E-state index contributed by atoms with van der Waals surface area (Å²) in [5, 5.41) is 1.13. The first kappa shape index (κ1) is 17.2. The summed E-state index contributed by atoms with van der Waals surface area (Å²) in [5.74, 6) is 0.730. The van der Waals surface area contributed by atoms with Crippen molar-refractivity contribution in [2.75, 3.05) is 13.7 Å². The summed E-state index contributed by atoms with van der Waals surface area (Å²) in [6.45, 7) is 1.35. The summed E-state index contributed by atoms with van der Waals surface area (Å²) in [6.07, 6.45) is 0.828. The molecule has 0 fully saturated rings. The number of hydrogen-bond donors (Lipinski definition) is 0. The van der Waals surface area contributed by atoms with Crippen molar-refractivity contribution in [3.63, 3.8) is 0 Å². The lowest BCUT2D eigenvalue weighted by Gasteiger charge is -2.10. The predicted molar refractivity (Wildman–Crippen MR) is 105 cm³/mol. The number of halogens is 2. The molecule has 2 aromatic carbocycles. The molecular formula is C19H16Cl2N4O. The molecule has 5 nitrogen and oxygen atoms in total. The number of para-hydroxylation sites is 2. The average Bonchev–Trinajstić information content (AvgIpc) is 2.97. The number of methoxy groups -OCH3 is 1. The van der Waals surface area contributed by atoms with Crippen LogP contribution in [0.3, 0.4) is 0 Å². The molecule has 0 saturated heterocycles. The summed E-state index contributed by atoms with van der Waals surface area (Å²) >= 11 is 12.5. The van der Waals surface area contributed by atoms with E-state index in [0.29, 0.717) is 28.8 Å². The molecule has 26 heavy (non-hydrogen) atoms. The molecular weight excluding hydrogens is 371 g/mol. The molecule has 0 saturated carbocycles. The zero-order valence-electron chi connectivity index (χ0n) is 14.1. The van der Waals surface area contributed by atoms with E-state index in [1.807, 2.05) is 34.9 Å². The van der Waals surface area contributed by atoms with Crippen molar-refractivity contribution < 1.29 is 4.74 Å². The van der Waals surface area contributed by atoms with E-state index < -0.39 is 0 Å². The number of hydrogen-bond acceptors (Lipinski definition) is 4. The Morgan fingerprint density at radius 1 is 1.00 bits per heavy atom. The largest absolute Gasteiger partial charge is 0.385 e. The predicted octanol–water partition coefficient (Wildman–Crippen LogP) is 4.99. The zero-order chi connectivity index (χ0) is 18.1. The number of aromatic nitrogens is 4. The van der Waals surface area contributed by atoms with Crippen LogP contribution in [0.2, 0.25) is 10.0 Å². The fourth-order valence-corrected chi connectivity index (χ4v) is 3.45. The normalized spacial score (nSPS) is 11.5. The fourth-order valence-electron chi connectivity index (χ4n) is 2.95. The van der Waals surface area contributed by atoms with E-state index in [-0.39, 0.29) is 0 Å².